The number of halogens is 2. The number of sulfonamides is 1. The van der Waals surface area contributed by atoms with Crippen LogP contribution >= 0.6 is 0 Å². The van der Waals surface area contributed by atoms with Gasteiger partial charge in [0.2, 0.25) is 17.7 Å². The SMILES string of the molecule is COc1cc(OC)nc(N(C(=O)c2ccc(C(=O)N(C)C)c(S(N)(=O)=O)n2)C(F)F)n1. The predicted molar refractivity (Wildman–Crippen MR) is 102 cm³/mol. The van der Waals surface area contributed by atoms with Crippen molar-refractivity contribution >= 4 is 27.8 Å². The second-order valence-corrected chi connectivity index (χ2v) is 7.48. The molecule has 2 amide bonds. The second-order valence-electron chi connectivity index (χ2n) is 6.00. The molecule has 0 aliphatic carbocycles. The summed E-state index contributed by atoms with van der Waals surface area (Å²) in [6, 6.07) is 3.04. The van der Waals surface area contributed by atoms with Crippen LogP contribution in [0, 0.1) is 0 Å². The molecular formula is C16H18F2N6O6S. The molecule has 2 rings (SSSR count). The molecule has 0 radical (unpaired) electrons. The summed E-state index contributed by atoms with van der Waals surface area (Å²) in [6.07, 6.45) is 0. The highest BCUT2D eigenvalue weighted by atomic mass is 32.2. The highest BCUT2D eigenvalue weighted by Gasteiger charge is 2.32. The van der Waals surface area contributed by atoms with Crippen LogP contribution in [0.3, 0.4) is 0 Å². The molecule has 0 saturated carbocycles. The first-order chi connectivity index (χ1) is 14.4. The lowest BCUT2D eigenvalue weighted by Crippen LogP contribution is -2.38. The number of nitrogens with two attached hydrogens (primary N) is 1. The van der Waals surface area contributed by atoms with Crippen molar-refractivity contribution in [1.82, 2.24) is 19.9 Å². The van der Waals surface area contributed by atoms with Gasteiger partial charge in [-0.2, -0.15) is 18.7 Å². The molecule has 2 N–H and O–H groups in total. The van der Waals surface area contributed by atoms with Crippen molar-refractivity contribution in [2.75, 3.05) is 33.2 Å². The summed E-state index contributed by atoms with van der Waals surface area (Å²) >= 11 is 0. The van der Waals surface area contributed by atoms with E-state index in [2.05, 4.69) is 15.0 Å². The summed E-state index contributed by atoms with van der Waals surface area (Å²) in [6.45, 7) is -3.45. The van der Waals surface area contributed by atoms with Crippen molar-refractivity contribution in [3.63, 3.8) is 0 Å². The Kier molecular flexibility index (Phi) is 7.02. The second kappa shape index (κ2) is 9.13. The Morgan fingerprint density at radius 3 is 2.00 bits per heavy atom. The molecule has 15 heteroatoms. The van der Waals surface area contributed by atoms with Crippen molar-refractivity contribution < 1.29 is 36.3 Å². The van der Waals surface area contributed by atoms with Crippen LogP contribution in [-0.4, -0.2) is 74.9 Å². The van der Waals surface area contributed by atoms with Crippen LogP contribution in [0.4, 0.5) is 14.7 Å². The van der Waals surface area contributed by atoms with E-state index in [0.717, 1.165) is 17.0 Å². The fourth-order valence-corrected chi connectivity index (χ4v) is 2.97. The minimum atomic E-state index is -4.59. The third-order valence-corrected chi connectivity index (χ3v) is 4.55. The Hall–Kier alpha value is -3.46. The van der Waals surface area contributed by atoms with Gasteiger partial charge in [-0.3, -0.25) is 9.59 Å². The minimum Gasteiger partial charge on any atom is -0.481 e. The molecule has 0 aliphatic rings. The van der Waals surface area contributed by atoms with Crippen LogP contribution in [0.15, 0.2) is 23.2 Å². The summed E-state index contributed by atoms with van der Waals surface area (Å²) in [4.78, 5) is 36.8. The number of alkyl halides is 2. The summed E-state index contributed by atoms with van der Waals surface area (Å²) in [5, 5.41) is 4.15. The molecule has 0 fully saturated rings. The number of hydrogen-bond donors (Lipinski definition) is 1. The van der Waals surface area contributed by atoms with Gasteiger partial charge in [0, 0.05) is 14.1 Å². The number of anilines is 1. The summed E-state index contributed by atoms with van der Waals surface area (Å²) in [5.41, 5.74) is -1.18. The van der Waals surface area contributed by atoms with Crippen LogP contribution in [-0.2, 0) is 10.0 Å². The molecule has 12 nitrogen and oxygen atoms in total. The fraction of sp³-hybridized carbons (Fsp3) is 0.312. The van der Waals surface area contributed by atoms with Gasteiger partial charge in [-0.25, -0.2) is 23.4 Å². The lowest BCUT2D eigenvalue weighted by molar-refractivity contribution is 0.0808. The molecular weight excluding hydrogens is 442 g/mol. The minimum absolute atomic E-state index is 0.145. The van der Waals surface area contributed by atoms with E-state index in [9.17, 15) is 26.8 Å². The molecule has 0 bridgehead atoms. The van der Waals surface area contributed by atoms with Gasteiger partial charge < -0.3 is 14.4 Å². The van der Waals surface area contributed by atoms with Crippen molar-refractivity contribution in [2.24, 2.45) is 5.14 Å². The quantitative estimate of drug-likeness (QED) is 0.566. The Labute approximate surface area is 175 Å². The molecule has 2 heterocycles. The van der Waals surface area contributed by atoms with Crippen molar-refractivity contribution in [3.05, 3.63) is 29.5 Å². The predicted octanol–water partition coefficient (Wildman–Crippen LogP) is 0.107. The molecule has 0 atom stereocenters. The highest BCUT2D eigenvalue weighted by Crippen LogP contribution is 2.24. The molecule has 0 saturated heterocycles. The lowest BCUT2D eigenvalue weighted by atomic mass is 10.2. The number of methoxy groups -OCH3 is 2. The van der Waals surface area contributed by atoms with E-state index >= 15 is 0 Å². The largest absolute Gasteiger partial charge is 0.481 e. The number of aromatic nitrogens is 3. The Bertz CT molecular complexity index is 1090. The fourth-order valence-electron chi connectivity index (χ4n) is 2.28. The Morgan fingerprint density at radius 2 is 1.58 bits per heavy atom. The maximum atomic E-state index is 13.8. The van der Waals surface area contributed by atoms with Crippen LogP contribution in [0.2, 0.25) is 0 Å². The van der Waals surface area contributed by atoms with E-state index in [1.54, 1.807) is 0 Å². The third-order valence-electron chi connectivity index (χ3n) is 3.70. The normalized spacial score (nSPS) is 11.2. The first-order valence-corrected chi connectivity index (χ1v) is 9.79. The number of carbonyl (C=O) groups excluding carboxylic acids is 2. The van der Waals surface area contributed by atoms with E-state index in [-0.39, 0.29) is 16.7 Å². The van der Waals surface area contributed by atoms with Crippen molar-refractivity contribution in [2.45, 2.75) is 11.6 Å². The van der Waals surface area contributed by atoms with Gasteiger partial charge in [-0.05, 0) is 12.1 Å². The zero-order valence-electron chi connectivity index (χ0n) is 16.7. The number of rotatable bonds is 7. The molecule has 2 aromatic rings. The van der Waals surface area contributed by atoms with Gasteiger partial charge >= 0.3 is 6.55 Å². The van der Waals surface area contributed by atoms with E-state index in [0.29, 0.717) is 0 Å². The zero-order valence-corrected chi connectivity index (χ0v) is 17.6. The molecule has 0 aliphatic heterocycles. The molecule has 0 spiro atoms. The van der Waals surface area contributed by atoms with E-state index in [4.69, 9.17) is 14.6 Å². The summed E-state index contributed by atoms with van der Waals surface area (Å²) in [7, 11) is 0.525. The maximum Gasteiger partial charge on any atom is 0.324 e. The summed E-state index contributed by atoms with van der Waals surface area (Å²) < 4.78 is 61.1. The zero-order chi connectivity index (χ0) is 23.5. The molecule has 31 heavy (non-hydrogen) atoms. The monoisotopic (exact) mass is 460 g/mol. The smallest absolute Gasteiger partial charge is 0.324 e. The lowest BCUT2D eigenvalue weighted by Gasteiger charge is -2.20. The van der Waals surface area contributed by atoms with Crippen molar-refractivity contribution in [1.29, 1.82) is 0 Å². The number of pyridine rings is 1. The number of primary sulfonamides is 1. The van der Waals surface area contributed by atoms with Gasteiger partial charge in [-0.1, -0.05) is 0 Å². The van der Waals surface area contributed by atoms with Crippen LogP contribution < -0.4 is 19.5 Å². The number of ether oxygens (including phenoxy) is 2. The van der Waals surface area contributed by atoms with Crippen LogP contribution in [0.1, 0.15) is 20.8 Å². The Morgan fingerprint density at radius 1 is 1.03 bits per heavy atom. The first kappa shape index (κ1) is 23.8. The van der Waals surface area contributed by atoms with Gasteiger partial charge in [0.05, 0.1) is 25.8 Å². The maximum absolute atomic E-state index is 13.8. The molecule has 168 valence electrons. The van der Waals surface area contributed by atoms with E-state index < -0.39 is 50.6 Å². The Balaban J connectivity index is 2.63. The topological polar surface area (TPSA) is 158 Å². The van der Waals surface area contributed by atoms with Gasteiger partial charge in [0.1, 0.15) is 5.69 Å². The standard InChI is InChI=1S/C16H18F2N6O6S/c1-23(2)13(25)8-5-6-9(20-12(8)31(19,27)28)14(26)24(15(17)18)16-21-10(29-3)7-11(22-16)30-4/h5-7,15H,1-4H3,(H2,19,27,28). The average Bonchev–Trinajstić information content (AvgIpc) is 2.71. The molecule has 0 unspecified atom stereocenters. The van der Waals surface area contributed by atoms with E-state index in [1.807, 2.05) is 0 Å². The third kappa shape index (κ3) is 5.18. The number of amides is 2. The highest BCUT2D eigenvalue weighted by molar-refractivity contribution is 7.89. The first-order valence-electron chi connectivity index (χ1n) is 8.25. The van der Waals surface area contributed by atoms with Crippen molar-refractivity contribution in [3.8, 4) is 11.8 Å². The number of hydrogen-bond acceptors (Lipinski definition) is 9. The van der Waals surface area contributed by atoms with Gasteiger partial charge in [-0.15, -0.1) is 0 Å². The molecule has 0 aromatic carbocycles. The summed E-state index contributed by atoms with van der Waals surface area (Å²) in [5.74, 6) is -3.37. The van der Waals surface area contributed by atoms with Crippen LogP contribution in [0.25, 0.3) is 0 Å². The molecule has 2 aromatic heterocycles. The van der Waals surface area contributed by atoms with Crippen LogP contribution in [0.5, 0.6) is 11.8 Å². The van der Waals surface area contributed by atoms with E-state index in [1.165, 1.54) is 34.4 Å². The average molecular weight is 460 g/mol. The number of nitrogens with zero attached hydrogens (tertiary/aromatic N) is 5. The number of carbonyl (C=O) groups is 2. The van der Waals surface area contributed by atoms with Gasteiger partial charge in [0.15, 0.2) is 5.03 Å². The van der Waals surface area contributed by atoms with Gasteiger partial charge in [0.25, 0.3) is 21.8 Å².